The molecule has 0 atom stereocenters. The van der Waals surface area contributed by atoms with E-state index in [4.69, 9.17) is 16.3 Å². The number of hydrogen-bond donors (Lipinski definition) is 1. The molecule has 0 radical (unpaired) electrons. The van der Waals surface area contributed by atoms with Crippen molar-refractivity contribution in [3.63, 3.8) is 0 Å². The van der Waals surface area contributed by atoms with Crippen LogP contribution in [0.1, 0.15) is 50.2 Å². The summed E-state index contributed by atoms with van der Waals surface area (Å²) in [5, 5.41) is 4.27. The lowest BCUT2D eigenvalue weighted by molar-refractivity contribution is 0.302. The van der Waals surface area contributed by atoms with Crippen molar-refractivity contribution in [3.8, 4) is 5.75 Å². The van der Waals surface area contributed by atoms with Crippen LogP contribution in [0, 0.1) is 0 Å². The van der Waals surface area contributed by atoms with E-state index in [0.717, 1.165) is 29.4 Å². The molecule has 0 saturated carbocycles. The Labute approximate surface area is 151 Å². The van der Waals surface area contributed by atoms with E-state index >= 15 is 0 Å². The molecular formula is C21H28ClNO. The highest BCUT2D eigenvalue weighted by atomic mass is 35.5. The number of rotatable bonds is 11. The van der Waals surface area contributed by atoms with Crippen LogP contribution in [-0.2, 0) is 13.2 Å². The molecule has 130 valence electrons. The van der Waals surface area contributed by atoms with Crippen molar-refractivity contribution in [3.05, 3.63) is 64.7 Å². The van der Waals surface area contributed by atoms with E-state index in [0.29, 0.717) is 6.61 Å². The summed E-state index contributed by atoms with van der Waals surface area (Å²) in [7, 11) is 0. The van der Waals surface area contributed by atoms with E-state index in [1.807, 2.05) is 36.4 Å². The fourth-order valence-corrected chi connectivity index (χ4v) is 2.87. The van der Waals surface area contributed by atoms with E-state index < -0.39 is 0 Å². The van der Waals surface area contributed by atoms with Gasteiger partial charge in [-0.1, -0.05) is 74.5 Å². The predicted molar refractivity (Wildman–Crippen MR) is 103 cm³/mol. The molecule has 0 heterocycles. The van der Waals surface area contributed by atoms with Crippen LogP contribution in [-0.4, -0.2) is 6.54 Å². The maximum absolute atomic E-state index is 6.02. The van der Waals surface area contributed by atoms with Gasteiger partial charge in [0.2, 0.25) is 0 Å². The highest BCUT2D eigenvalue weighted by Crippen LogP contribution is 2.20. The molecule has 2 aromatic carbocycles. The number of ether oxygens (including phenoxy) is 1. The summed E-state index contributed by atoms with van der Waals surface area (Å²) in [6.45, 7) is 4.69. The highest BCUT2D eigenvalue weighted by molar-refractivity contribution is 6.30. The fraction of sp³-hybridized carbons (Fsp3) is 0.429. The van der Waals surface area contributed by atoms with Gasteiger partial charge in [-0.15, -0.1) is 0 Å². The average Bonchev–Trinajstić information content (AvgIpc) is 2.60. The predicted octanol–water partition coefficient (Wildman–Crippen LogP) is 5.98. The van der Waals surface area contributed by atoms with Crippen molar-refractivity contribution in [2.24, 2.45) is 0 Å². The van der Waals surface area contributed by atoms with Crippen LogP contribution in [0.5, 0.6) is 5.75 Å². The van der Waals surface area contributed by atoms with E-state index in [9.17, 15) is 0 Å². The van der Waals surface area contributed by atoms with Crippen molar-refractivity contribution >= 4 is 11.6 Å². The lowest BCUT2D eigenvalue weighted by Crippen LogP contribution is -2.15. The molecule has 3 heteroatoms. The second-order valence-corrected chi connectivity index (χ2v) is 6.55. The third-order valence-corrected chi connectivity index (χ3v) is 4.26. The van der Waals surface area contributed by atoms with Crippen LogP contribution < -0.4 is 10.1 Å². The number of nitrogens with one attached hydrogen (secondary N) is 1. The van der Waals surface area contributed by atoms with Crippen LogP contribution in [0.15, 0.2) is 48.5 Å². The molecule has 0 aliphatic carbocycles. The maximum Gasteiger partial charge on any atom is 0.124 e. The largest absolute Gasteiger partial charge is 0.489 e. The maximum atomic E-state index is 6.02. The van der Waals surface area contributed by atoms with Crippen LogP contribution in [0.2, 0.25) is 5.02 Å². The van der Waals surface area contributed by atoms with Crippen molar-refractivity contribution in [2.75, 3.05) is 6.54 Å². The molecule has 0 spiro atoms. The zero-order valence-corrected chi connectivity index (χ0v) is 15.3. The Morgan fingerprint density at radius 1 is 0.958 bits per heavy atom. The topological polar surface area (TPSA) is 21.3 Å². The lowest BCUT2D eigenvalue weighted by Gasteiger charge is -2.12. The molecule has 0 aromatic heterocycles. The van der Waals surface area contributed by atoms with Crippen LogP contribution in [0.25, 0.3) is 0 Å². The number of benzene rings is 2. The molecule has 2 rings (SSSR count). The zero-order valence-electron chi connectivity index (χ0n) is 14.6. The molecular weight excluding hydrogens is 318 g/mol. The molecule has 0 unspecified atom stereocenters. The van der Waals surface area contributed by atoms with Gasteiger partial charge in [0.05, 0.1) is 0 Å². The minimum absolute atomic E-state index is 0.536. The summed E-state index contributed by atoms with van der Waals surface area (Å²) in [6.07, 6.45) is 6.54. The SMILES string of the molecule is CCCCCCCNCc1ccccc1OCc1cccc(Cl)c1. The first-order valence-electron chi connectivity index (χ1n) is 8.95. The van der Waals surface area contributed by atoms with Crippen LogP contribution >= 0.6 is 11.6 Å². The minimum atomic E-state index is 0.536. The van der Waals surface area contributed by atoms with E-state index in [1.54, 1.807) is 0 Å². The van der Waals surface area contributed by atoms with E-state index in [1.165, 1.54) is 37.7 Å². The van der Waals surface area contributed by atoms with Gasteiger partial charge in [-0.05, 0) is 36.7 Å². The smallest absolute Gasteiger partial charge is 0.124 e. The van der Waals surface area contributed by atoms with Crippen molar-refractivity contribution in [1.82, 2.24) is 5.32 Å². The van der Waals surface area contributed by atoms with Crippen LogP contribution in [0.3, 0.4) is 0 Å². The Morgan fingerprint density at radius 3 is 2.62 bits per heavy atom. The summed E-state index contributed by atoms with van der Waals surface area (Å²) in [5.74, 6) is 0.941. The Hall–Kier alpha value is -1.51. The molecule has 0 saturated heterocycles. The number of unbranched alkanes of at least 4 members (excludes halogenated alkanes) is 4. The molecule has 0 aliphatic heterocycles. The molecule has 0 fully saturated rings. The molecule has 24 heavy (non-hydrogen) atoms. The van der Waals surface area contributed by atoms with Crippen molar-refractivity contribution in [2.45, 2.75) is 52.2 Å². The highest BCUT2D eigenvalue weighted by Gasteiger charge is 2.03. The third kappa shape index (κ3) is 6.94. The van der Waals surface area contributed by atoms with Gasteiger partial charge < -0.3 is 10.1 Å². The molecule has 2 aromatic rings. The van der Waals surface area contributed by atoms with Gasteiger partial charge in [-0.2, -0.15) is 0 Å². The first kappa shape index (κ1) is 18.8. The lowest BCUT2D eigenvalue weighted by atomic mass is 10.1. The van der Waals surface area contributed by atoms with Gasteiger partial charge in [-0.3, -0.25) is 0 Å². The monoisotopic (exact) mass is 345 g/mol. The van der Waals surface area contributed by atoms with E-state index in [-0.39, 0.29) is 0 Å². The second kappa shape index (κ2) is 11.1. The van der Waals surface area contributed by atoms with Gasteiger partial charge in [0.1, 0.15) is 12.4 Å². The molecule has 0 bridgehead atoms. The van der Waals surface area contributed by atoms with Gasteiger partial charge in [0, 0.05) is 17.1 Å². The molecule has 0 amide bonds. The summed E-state index contributed by atoms with van der Waals surface area (Å²) in [6, 6.07) is 16.0. The van der Waals surface area contributed by atoms with Gasteiger partial charge in [0.25, 0.3) is 0 Å². The van der Waals surface area contributed by atoms with Gasteiger partial charge >= 0.3 is 0 Å². The normalized spacial score (nSPS) is 10.8. The Kier molecular flexibility index (Phi) is 8.72. The van der Waals surface area contributed by atoms with Crippen LogP contribution in [0.4, 0.5) is 0 Å². The number of halogens is 1. The minimum Gasteiger partial charge on any atom is -0.489 e. The number of hydrogen-bond acceptors (Lipinski definition) is 2. The van der Waals surface area contributed by atoms with Crippen molar-refractivity contribution in [1.29, 1.82) is 0 Å². The Balaban J connectivity index is 1.77. The van der Waals surface area contributed by atoms with E-state index in [2.05, 4.69) is 24.4 Å². The summed E-state index contributed by atoms with van der Waals surface area (Å²) in [5.41, 5.74) is 2.29. The average molecular weight is 346 g/mol. The Morgan fingerprint density at radius 2 is 1.79 bits per heavy atom. The van der Waals surface area contributed by atoms with Gasteiger partial charge in [0.15, 0.2) is 0 Å². The fourth-order valence-electron chi connectivity index (χ4n) is 2.66. The second-order valence-electron chi connectivity index (χ2n) is 6.12. The first-order valence-corrected chi connectivity index (χ1v) is 9.33. The van der Waals surface area contributed by atoms with Gasteiger partial charge in [-0.25, -0.2) is 0 Å². The molecule has 2 nitrogen and oxygen atoms in total. The number of para-hydroxylation sites is 1. The zero-order chi connectivity index (χ0) is 17.0. The quantitative estimate of drug-likeness (QED) is 0.506. The summed E-state index contributed by atoms with van der Waals surface area (Å²) < 4.78 is 5.99. The Bertz CT molecular complexity index is 600. The summed E-state index contributed by atoms with van der Waals surface area (Å²) in [4.78, 5) is 0. The summed E-state index contributed by atoms with van der Waals surface area (Å²) >= 11 is 6.02. The molecule has 1 N–H and O–H groups in total. The molecule has 0 aliphatic rings. The standard InChI is InChI=1S/C21H28ClNO/c1-2-3-4-5-8-14-23-16-19-11-6-7-13-21(19)24-17-18-10-9-12-20(22)15-18/h6-7,9-13,15,23H,2-5,8,14,16-17H2,1H3. The van der Waals surface area contributed by atoms with Crippen molar-refractivity contribution < 1.29 is 4.74 Å². The third-order valence-electron chi connectivity index (χ3n) is 4.03. The first-order chi connectivity index (χ1) is 11.8.